The number of para-hydroxylation sites is 1. The molecule has 0 amide bonds. The minimum Gasteiger partial charge on any atom is -0.456 e. The molecular formula is C82H46O3. The molecule has 3 nitrogen and oxygen atoms in total. The molecule has 1 aromatic heterocycles. The van der Waals surface area contributed by atoms with Crippen molar-refractivity contribution in [2.45, 2.75) is 0 Å². The highest BCUT2D eigenvalue weighted by atomic mass is 16.5. The van der Waals surface area contributed by atoms with E-state index in [1.807, 2.05) is 12.1 Å². The second-order valence-corrected chi connectivity index (χ2v) is 22.9. The first-order valence-electron chi connectivity index (χ1n) is 29.2. The summed E-state index contributed by atoms with van der Waals surface area (Å²) in [6.45, 7) is 0. The average molecular weight is 1080 g/mol. The molecular weight excluding hydrogens is 1030 g/mol. The van der Waals surface area contributed by atoms with Crippen LogP contribution in [0.25, 0.3) is 175 Å². The molecule has 0 aliphatic carbocycles. The Morgan fingerprint density at radius 1 is 0.188 bits per heavy atom. The van der Waals surface area contributed by atoms with Crippen LogP contribution in [0.15, 0.2) is 283 Å². The number of ether oxygens (including phenoxy) is 2. The van der Waals surface area contributed by atoms with Gasteiger partial charge in [-0.25, -0.2) is 0 Å². The van der Waals surface area contributed by atoms with E-state index in [-0.39, 0.29) is 0 Å². The molecule has 3 heterocycles. The van der Waals surface area contributed by atoms with Crippen molar-refractivity contribution >= 4 is 97.3 Å². The number of hydrogen-bond acceptors (Lipinski definition) is 3. The molecule has 2 aliphatic heterocycles. The summed E-state index contributed by atoms with van der Waals surface area (Å²) in [7, 11) is 0. The first-order chi connectivity index (χ1) is 42.1. The maximum absolute atomic E-state index is 7.04. The highest BCUT2D eigenvalue weighted by Gasteiger charge is 2.26. The molecule has 0 radical (unpaired) electrons. The molecule has 0 spiro atoms. The minimum absolute atomic E-state index is 0.856. The quantitative estimate of drug-likeness (QED) is 0.161. The molecule has 85 heavy (non-hydrogen) atoms. The fourth-order valence-corrected chi connectivity index (χ4v) is 14.7. The Morgan fingerprint density at radius 3 is 1.15 bits per heavy atom. The summed E-state index contributed by atoms with van der Waals surface area (Å²) in [6, 6.07) is 102. The van der Waals surface area contributed by atoms with Gasteiger partial charge in [0, 0.05) is 32.7 Å². The van der Waals surface area contributed by atoms with Crippen LogP contribution in [0.4, 0.5) is 0 Å². The fourth-order valence-electron chi connectivity index (χ4n) is 14.7. The largest absolute Gasteiger partial charge is 0.456 e. The molecule has 3 heteroatoms. The Labute approximate surface area is 488 Å². The van der Waals surface area contributed by atoms with Crippen molar-refractivity contribution in [3.63, 3.8) is 0 Å². The highest BCUT2D eigenvalue weighted by molar-refractivity contribution is 6.24. The van der Waals surface area contributed by atoms with Crippen LogP contribution in [0, 0.1) is 0 Å². The SMILES string of the molecule is c1cc2c3c(cccc3c1)-c1ccc(-c3c4ccccc4c(-c4ccc5cc(-c6ccc7c8c(cccc68)Oc6cc(-c8c9ccccc9c(-c9ccc%10oc%11ccccc%11c%10c9)c9ccccc89)ccc6-7)ccc5c4)c4ccccc34)cc1O2. The van der Waals surface area contributed by atoms with E-state index in [0.29, 0.717) is 0 Å². The highest BCUT2D eigenvalue weighted by Crippen LogP contribution is 2.54. The monoisotopic (exact) mass is 1080 g/mol. The zero-order valence-corrected chi connectivity index (χ0v) is 45.8. The number of fused-ring (bicyclic) bond motifs is 12. The van der Waals surface area contributed by atoms with Crippen LogP contribution in [0.3, 0.4) is 0 Å². The van der Waals surface area contributed by atoms with Crippen molar-refractivity contribution in [2.75, 3.05) is 0 Å². The molecule has 0 bridgehead atoms. The third-order valence-electron chi connectivity index (χ3n) is 18.4. The zero-order valence-electron chi connectivity index (χ0n) is 45.8. The summed E-state index contributed by atoms with van der Waals surface area (Å²) < 4.78 is 20.0. The van der Waals surface area contributed by atoms with E-state index >= 15 is 0 Å². The van der Waals surface area contributed by atoms with E-state index in [1.165, 1.54) is 126 Å². The molecule has 0 saturated carbocycles. The van der Waals surface area contributed by atoms with E-state index in [2.05, 4.69) is 267 Å². The lowest BCUT2D eigenvalue weighted by molar-refractivity contribution is 0.487. The lowest BCUT2D eigenvalue weighted by Crippen LogP contribution is -1.99. The van der Waals surface area contributed by atoms with Crippen molar-refractivity contribution in [3.8, 4) is 101 Å². The van der Waals surface area contributed by atoms with Gasteiger partial charge < -0.3 is 13.9 Å². The normalized spacial score (nSPS) is 12.4. The van der Waals surface area contributed by atoms with E-state index < -0.39 is 0 Å². The second kappa shape index (κ2) is 17.6. The summed E-state index contributed by atoms with van der Waals surface area (Å²) in [5, 5.41) is 18.9. The first kappa shape index (κ1) is 46.4. The van der Waals surface area contributed by atoms with Crippen LogP contribution in [0.2, 0.25) is 0 Å². The van der Waals surface area contributed by atoms with Crippen molar-refractivity contribution < 1.29 is 13.9 Å². The van der Waals surface area contributed by atoms with E-state index in [9.17, 15) is 0 Å². The molecule has 0 fully saturated rings. The van der Waals surface area contributed by atoms with Crippen molar-refractivity contribution in [1.29, 1.82) is 0 Å². The Hall–Kier alpha value is -11.3. The summed E-state index contributed by atoms with van der Waals surface area (Å²) in [5.74, 6) is 3.51. The minimum atomic E-state index is 0.856. The topological polar surface area (TPSA) is 31.6 Å². The third-order valence-corrected chi connectivity index (χ3v) is 18.4. The van der Waals surface area contributed by atoms with Gasteiger partial charge in [0.25, 0.3) is 0 Å². The molecule has 17 aromatic rings. The summed E-state index contributed by atoms with van der Waals surface area (Å²) >= 11 is 0. The molecule has 0 saturated heterocycles. The number of furan rings is 1. The van der Waals surface area contributed by atoms with Crippen LogP contribution < -0.4 is 9.47 Å². The van der Waals surface area contributed by atoms with E-state index in [0.717, 1.165) is 72.6 Å². The average Bonchev–Trinajstić information content (AvgIpc) is 3.05. The third kappa shape index (κ3) is 6.78. The Balaban J connectivity index is 0.684. The molecule has 0 N–H and O–H groups in total. The van der Waals surface area contributed by atoms with Gasteiger partial charge in [-0.3, -0.25) is 0 Å². The van der Waals surface area contributed by atoms with E-state index in [4.69, 9.17) is 13.9 Å². The van der Waals surface area contributed by atoms with Crippen molar-refractivity contribution in [2.24, 2.45) is 0 Å². The molecule has 16 aromatic carbocycles. The van der Waals surface area contributed by atoms with Gasteiger partial charge in [-0.15, -0.1) is 0 Å². The lowest BCUT2D eigenvalue weighted by Gasteiger charge is -2.24. The maximum atomic E-state index is 7.04. The van der Waals surface area contributed by atoms with Crippen LogP contribution in [-0.2, 0) is 0 Å². The lowest BCUT2D eigenvalue weighted by atomic mass is 9.84. The standard InChI is InChI=1S/C82H46O3/c1-5-21-65-61(17-1)77(62-18-2-6-22-66(62)79(65)53-34-37-57-60-25-11-14-47-15-12-28-73(81(47)60)84-75(57)45-53)51-33-31-48-42-50(32-30-49(48)43-51)55-39-40-69-58-38-35-54(46-76(58)85-74-29-13-26-59(55)82(69)74)80-67-23-7-3-19-63(67)78(64-20-4-8-24-68(64)80)52-36-41-72-70(44-52)56-16-9-10-27-71(56)83-72/h1-46H. The Kier molecular flexibility index (Phi) is 9.61. The molecule has 0 unspecified atom stereocenters. The number of benzene rings is 16. The summed E-state index contributed by atoms with van der Waals surface area (Å²) in [4.78, 5) is 0. The zero-order chi connectivity index (χ0) is 55.4. The maximum Gasteiger partial charge on any atom is 0.135 e. The van der Waals surface area contributed by atoms with Gasteiger partial charge in [-0.05, 0) is 198 Å². The van der Waals surface area contributed by atoms with Gasteiger partial charge in [-0.1, -0.05) is 212 Å². The Bertz CT molecular complexity index is 5680. The summed E-state index contributed by atoms with van der Waals surface area (Å²) in [6.07, 6.45) is 0. The van der Waals surface area contributed by atoms with Crippen molar-refractivity contribution in [3.05, 3.63) is 279 Å². The van der Waals surface area contributed by atoms with Crippen LogP contribution in [0.1, 0.15) is 0 Å². The predicted molar refractivity (Wildman–Crippen MR) is 354 cm³/mol. The van der Waals surface area contributed by atoms with Gasteiger partial charge in [-0.2, -0.15) is 0 Å². The number of rotatable bonds is 5. The van der Waals surface area contributed by atoms with Gasteiger partial charge in [0.05, 0.1) is 0 Å². The van der Waals surface area contributed by atoms with Gasteiger partial charge in [0.1, 0.15) is 34.2 Å². The van der Waals surface area contributed by atoms with Crippen LogP contribution in [-0.4, -0.2) is 0 Å². The van der Waals surface area contributed by atoms with Gasteiger partial charge in [0.15, 0.2) is 0 Å². The van der Waals surface area contributed by atoms with Crippen LogP contribution in [0.5, 0.6) is 23.0 Å². The predicted octanol–water partition coefficient (Wildman–Crippen LogP) is 23.5. The first-order valence-corrected chi connectivity index (χ1v) is 29.2. The fraction of sp³-hybridized carbons (Fsp3) is 0. The molecule has 19 rings (SSSR count). The van der Waals surface area contributed by atoms with Crippen molar-refractivity contribution in [1.82, 2.24) is 0 Å². The second-order valence-electron chi connectivity index (χ2n) is 22.9. The molecule has 2 aliphatic rings. The van der Waals surface area contributed by atoms with Gasteiger partial charge >= 0.3 is 0 Å². The van der Waals surface area contributed by atoms with Gasteiger partial charge in [0.2, 0.25) is 0 Å². The molecule has 392 valence electrons. The Morgan fingerprint density at radius 2 is 0.576 bits per heavy atom. The smallest absolute Gasteiger partial charge is 0.135 e. The number of hydrogen-bond donors (Lipinski definition) is 0. The van der Waals surface area contributed by atoms with Crippen LogP contribution >= 0.6 is 0 Å². The summed E-state index contributed by atoms with van der Waals surface area (Å²) in [5.41, 5.74) is 18.2. The van der Waals surface area contributed by atoms with E-state index in [1.54, 1.807) is 0 Å². The molecule has 0 atom stereocenters.